The van der Waals surface area contributed by atoms with E-state index >= 15 is 0 Å². The Morgan fingerprint density at radius 1 is 1.24 bits per heavy atom. The van der Waals surface area contributed by atoms with Crippen molar-refractivity contribution >= 4 is 11.8 Å². The first-order chi connectivity index (χ1) is 7.71. The first-order valence-electron chi connectivity index (χ1n) is 5.24. The zero-order valence-electron chi connectivity index (χ0n) is 10.3. The molecule has 1 aromatic carbocycles. The number of carbonyl (C=O) groups excluding carboxylic acids is 2. The summed E-state index contributed by atoms with van der Waals surface area (Å²) in [5, 5.41) is 0. The van der Waals surface area contributed by atoms with E-state index in [0.29, 0.717) is 0 Å². The van der Waals surface area contributed by atoms with E-state index in [1.54, 1.807) is 20.8 Å². The van der Waals surface area contributed by atoms with Gasteiger partial charge in [0.1, 0.15) is 0 Å². The summed E-state index contributed by atoms with van der Waals surface area (Å²) in [4.78, 5) is 22.6. The number of Topliss-reactive ketones (excluding diaryl/α,β-unsaturated/α-hetero) is 1. The molecule has 0 bridgehead atoms. The van der Waals surface area contributed by atoms with Crippen molar-refractivity contribution in [1.29, 1.82) is 0 Å². The Hall–Kier alpha value is -1.71. The summed E-state index contributed by atoms with van der Waals surface area (Å²) in [7, 11) is 0. The fourth-order valence-electron chi connectivity index (χ4n) is 1.31. The molecule has 0 amide bonds. The normalized spacial score (nSPS) is 11.1. The summed E-state index contributed by atoms with van der Waals surface area (Å²) in [6.07, 6.45) is 0. The SMILES string of the molecule is CC(=O)Oc1ccc(C(=O)C(C)(C)C)cc1F. The van der Waals surface area contributed by atoms with E-state index in [2.05, 4.69) is 4.74 Å². The second kappa shape index (κ2) is 4.65. The fourth-order valence-corrected chi connectivity index (χ4v) is 1.31. The van der Waals surface area contributed by atoms with Crippen molar-refractivity contribution in [3.8, 4) is 5.75 Å². The second-order valence-corrected chi connectivity index (χ2v) is 4.82. The maximum atomic E-state index is 13.5. The third-order valence-corrected chi connectivity index (χ3v) is 2.13. The summed E-state index contributed by atoms with van der Waals surface area (Å²) in [6, 6.07) is 3.83. The van der Waals surface area contributed by atoms with Crippen LogP contribution in [0.3, 0.4) is 0 Å². The number of ketones is 1. The number of esters is 1. The quantitative estimate of drug-likeness (QED) is 0.452. The van der Waals surface area contributed by atoms with Gasteiger partial charge in [0.2, 0.25) is 0 Å². The van der Waals surface area contributed by atoms with E-state index in [1.165, 1.54) is 19.1 Å². The van der Waals surface area contributed by atoms with Crippen molar-refractivity contribution in [1.82, 2.24) is 0 Å². The predicted molar refractivity (Wildman–Crippen MR) is 61.5 cm³/mol. The van der Waals surface area contributed by atoms with Gasteiger partial charge in [-0.05, 0) is 18.2 Å². The topological polar surface area (TPSA) is 43.4 Å². The van der Waals surface area contributed by atoms with Crippen LogP contribution >= 0.6 is 0 Å². The number of hydrogen-bond donors (Lipinski definition) is 0. The molecule has 0 saturated carbocycles. The van der Waals surface area contributed by atoms with Crippen LogP contribution in [0.4, 0.5) is 4.39 Å². The maximum Gasteiger partial charge on any atom is 0.308 e. The molecule has 0 radical (unpaired) electrons. The van der Waals surface area contributed by atoms with Crippen molar-refractivity contribution < 1.29 is 18.7 Å². The molecule has 92 valence electrons. The number of carbonyl (C=O) groups is 2. The van der Waals surface area contributed by atoms with Gasteiger partial charge < -0.3 is 4.74 Å². The average molecular weight is 238 g/mol. The van der Waals surface area contributed by atoms with Crippen molar-refractivity contribution in [3.05, 3.63) is 29.6 Å². The molecule has 0 saturated heterocycles. The lowest BCUT2D eigenvalue weighted by Gasteiger charge is -2.16. The molecule has 4 heteroatoms. The Bertz CT molecular complexity index is 458. The molecule has 0 aliphatic heterocycles. The highest BCUT2D eigenvalue weighted by atomic mass is 19.1. The monoisotopic (exact) mass is 238 g/mol. The van der Waals surface area contributed by atoms with Gasteiger partial charge in [-0.3, -0.25) is 9.59 Å². The molecule has 3 nitrogen and oxygen atoms in total. The van der Waals surface area contributed by atoms with Gasteiger partial charge in [0.25, 0.3) is 0 Å². The van der Waals surface area contributed by atoms with Gasteiger partial charge in [-0.15, -0.1) is 0 Å². The summed E-state index contributed by atoms with van der Waals surface area (Å²) < 4.78 is 18.2. The van der Waals surface area contributed by atoms with Gasteiger partial charge >= 0.3 is 5.97 Å². The second-order valence-electron chi connectivity index (χ2n) is 4.82. The van der Waals surface area contributed by atoms with Crippen LogP contribution < -0.4 is 4.74 Å². The Balaban J connectivity index is 3.05. The molecule has 0 aliphatic rings. The summed E-state index contributed by atoms with van der Waals surface area (Å²) in [6.45, 7) is 6.46. The minimum absolute atomic E-state index is 0.161. The van der Waals surface area contributed by atoms with Gasteiger partial charge in [0, 0.05) is 17.9 Å². The highest BCUT2D eigenvalue weighted by Crippen LogP contribution is 2.24. The molecule has 0 unspecified atom stereocenters. The van der Waals surface area contributed by atoms with Gasteiger partial charge in [-0.25, -0.2) is 4.39 Å². The maximum absolute atomic E-state index is 13.5. The largest absolute Gasteiger partial charge is 0.424 e. The van der Waals surface area contributed by atoms with Crippen LogP contribution in [0.2, 0.25) is 0 Å². The molecule has 0 aromatic heterocycles. The zero-order chi connectivity index (χ0) is 13.2. The minimum Gasteiger partial charge on any atom is -0.424 e. The number of halogens is 1. The summed E-state index contributed by atoms with van der Waals surface area (Å²) >= 11 is 0. The molecule has 0 fully saturated rings. The number of benzene rings is 1. The van der Waals surface area contributed by atoms with Gasteiger partial charge in [0.05, 0.1) is 0 Å². The zero-order valence-corrected chi connectivity index (χ0v) is 10.3. The van der Waals surface area contributed by atoms with Crippen LogP contribution in [0, 0.1) is 11.2 Å². The van der Waals surface area contributed by atoms with Crippen LogP contribution in [-0.2, 0) is 4.79 Å². The Kier molecular flexibility index (Phi) is 3.66. The van der Waals surface area contributed by atoms with Crippen molar-refractivity contribution in [2.45, 2.75) is 27.7 Å². The van der Waals surface area contributed by atoms with E-state index in [-0.39, 0.29) is 17.1 Å². The molecule has 0 aliphatic carbocycles. The number of rotatable bonds is 2. The minimum atomic E-state index is -0.713. The van der Waals surface area contributed by atoms with Crippen LogP contribution in [0.1, 0.15) is 38.1 Å². The van der Waals surface area contributed by atoms with Crippen molar-refractivity contribution in [2.24, 2.45) is 5.41 Å². The lowest BCUT2D eigenvalue weighted by Crippen LogP contribution is -2.20. The summed E-state index contributed by atoms with van der Waals surface area (Å²) in [5.41, 5.74) is -0.305. The average Bonchev–Trinajstić information content (AvgIpc) is 2.18. The van der Waals surface area contributed by atoms with E-state index in [0.717, 1.165) is 6.07 Å². The van der Waals surface area contributed by atoms with Crippen molar-refractivity contribution in [2.75, 3.05) is 0 Å². The van der Waals surface area contributed by atoms with Crippen LogP contribution in [0.15, 0.2) is 18.2 Å². The molecule has 1 rings (SSSR count). The van der Waals surface area contributed by atoms with Gasteiger partial charge in [-0.2, -0.15) is 0 Å². The smallest absolute Gasteiger partial charge is 0.308 e. The van der Waals surface area contributed by atoms with Crippen molar-refractivity contribution in [3.63, 3.8) is 0 Å². The third-order valence-electron chi connectivity index (χ3n) is 2.13. The van der Waals surface area contributed by atoms with Crippen LogP contribution in [0.5, 0.6) is 5.75 Å². The number of hydrogen-bond acceptors (Lipinski definition) is 3. The molecule has 0 N–H and O–H groups in total. The Labute approximate surface area is 99.6 Å². The molecular weight excluding hydrogens is 223 g/mol. The molecule has 0 spiro atoms. The van der Waals surface area contributed by atoms with E-state index < -0.39 is 17.2 Å². The van der Waals surface area contributed by atoms with Crippen LogP contribution in [-0.4, -0.2) is 11.8 Å². The highest BCUT2D eigenvalue weighted by molar-refractivity contribution is 5.99. The molecule has 17 heavy (non-hydrogen) atoms. The highest BCUT2D eigenvalue weighted by Gasteiger charge is 2.23. The van der Waals surface area contributed by atoms with Gasteiger partial charge in [0.15, 0.2) is 17.3 Å². The Morgan fingerprint density at radius 2 is 1.82 bits per heavy atom. The Morgan fingerprint density at radius 3 is 2.24 bits per heavy atom. The van der Waals surface area contributed by atoms with Crippen LogP contribution in [0.25, 0.3) is 0 Å². The third kappa shape index (κ3) is 3.37. The predicted octanol–water partition coefficient (Wildman–Crippen LogP) is 2.98. The van der Waals surface area contributed by atoms with E-state index in [1.807, 2.05) is 0 Å². The molecular formula is C13H15FO3. The molecule has 0 heterocycles. The first kappa shape index (κ1) is 13.4. The number of ether oxygens (including phenoxy) is 1. The van der Waals surface area contributed by atoms with E-state index in [4.69, 9.17) is 0 Å². The summed E-state index contributed by atoms with van der Waals surface area (Å²) in [5.74, 6) is -1.64. The van der Waals surface area contributed by atoms with Gasteiger partial charge in [-0.1, -0.05) is 20.8 Å². The van der Waals surface area contributed by atoms with E-state index in [9.17, 15) is 14.0 Å². The lowest BCUT2D eigenvalue weighted by atomic mass is 9.86. The molecule has 1 aromatic rings. The fraction of sp³-hybridized carbons (Fsp3) is 0.385. The standard InChI is InChI=1S/C13H15FO3/c1-8(15)17-11-6-5-9(7-10(11)14)12(16)13(2,3)4/h5-7H,1-4H3. The lowest BCUT2D eigenvalue weighted by molar-refractivity contribution is -0.132. The molecule has 0 atom stereocenters. The first-order valence-corrected chi connectivity index (χ1v) is 5.24.